The van der Waals surface area contributed by atoms with Gasteiger partial charge in [0.2, 0.25) is 0 Å². The molecule has 2 aromatic carbocycles. The van der Waals surface area contributed by atoms with Crippen LogP contribution in [0.25, 0.3) is 28.0 Å². The average molecular weight is 422 g/mol. The summed E-state index contributed by atoms with van der Waals surface area (Å²) in [7, 11) is 0. The van der Waals surface area contributed by atoms with Crippen LogP contribution >= 0.6 is 0 Å². The fourth-order valence-corrected chi connectivity index (χ4v) is 3.71. The zero-order valence-electron chi connectivity index (χ0n) is 17.7. The molecule has 5 aromatic rings. The largest absolute Gasteiger partial charge is 0.389 e. The van der Waals surface area contributed by atoms with E-state index in [-0.39, 0.29) is 0 Å². The number of aliphatic hydroxyl groups excluding tert-OH is 1. The first-order valence-electron chi connectivity index (χ1n) is 10.5. The highest BCUT2D eigenvalue weighted by molar-refractivity contribution is 5.89. The van der Waals surface area contributed by atoms with Gasteiger partial charge in [0.05, 0.1) is 6.10 Å². The summed E-state index contributed by atoms with van der Waals surface area (Å²) in [6, 6.07) is 24.4. The van der Waals surface area contributed by atoms with Crippen LogP contribution in [0.1, 0.15) is 24.2 Å². The predicted octanol–water partition coefficient (Wildman–Crippen LogP) is 5.12. The highest BCUT2D eigenvalue weighted by Gasteiger charge is 2.16. The summed E-state index contributed by atoms with van der Waals surface area (Å²) in [5, 5.41) is 18.2. The monoisotopic (exact) mass is 421 g/mol. The minimum atomic E-state index is -0.613. The van der Waals surface area contributed by atoms with Crippen LogP contribution in [-0.4, -0.2) is 24.7 Å². The molecule has 0 aliphatic rings. The first-order valence-corrected chi connectivity index (χ1v) is 10.5. The van der Waals surface area contributed by atoms with E-state index in [0.717, 1.165) is 39.2 Å². The van der Waals surface area contributed by atoms with E-state index >= 15 is 0 Å². The molecule has 3 heterocycles. The second-order valence-corrected chi connectivity index (χ2v) is 7.69. The summed E-state index contributed by atoms with van der Waals surface area (Å²) >= 11 is 0. The number of hydrogen-bond donors (Lipinski definition) is 2. The van der Waals surface area contributed by atoms with E-state index in [9.17, 15) is 5.11 Å². The second-order valence-electron chi connectivity index (χ2n) is 7.69. The smallest absolute Gasteiger partial charge is 0.183 e. The molecule has 0 aliphatic heterocycles. The van der Waals surface area contributed by atoms with Gasteiger partial charge in [-0.1, -0.05) is 60.7 Å². The molecule has 0 radical (unpaired) electrons. The molecule has 3 aromatic heterocycles. The number of benzene rings is 2. The number of aromatic nitrogens is 4. The molecule has 1 unspecified atom stereocenters. The number of rotatable bonds is 6. The van der Waals surface area contributed by atoms with Crippen molar-refractivity contribution in [2.45, 2.75) is 19.6 Å². The summed E-state index contributed by atoms with van der Waals surface area (Å²) in [6.45, 7) is 2.36. The molecule has 158 valence electrons. The van der Waals surface area contributed by atoms with Gasteiger partial charge in [-0.2, -0.15) is 0 Å². The van der Waals surface area contributed by atoms with Crippen molar-refractivity contribution >= 4 is 11.3 Å². The van der Waals surface area contributed by atoms with Gasteiger partial charge in [-0.15, -0.1) is 5.10 Å². The normalized spacial score (nSPS) is 12.1. The number of pyridine rings is 1. The molecule has 32 heavy (non-hydrogen) atoms. The molecule has 0 aliphatic carbocycles. The molecule has 0 saturated carbocycles. The minimum absolute atomic E-state index is 0.540. The van der Waals surface area contributed by atoms with Crippen molar-refractivity contribution in [2.75, 3.05) is 5.32 Å². The number of nitrogens with one attached hydrogen (secondary N) is 1. The summed E-state index contributed by atoms with van der Waals surface area (Å²) in [4.78, 5) is 9.15. The molecule has 0 saturated heterocycles. The SMILES string of the molecule is CC(O)c1cncc(-c2nc(NCc3ccccc3)c3c(-c4ccccc4)ccn3n2)c1. The molecule has 0 amide bonds. The molecule has 2 N–H and O–H groups in total. The first kappa shape index (κ1) is 19.9. The van der Waals surface area contributed by atoms with Crippen molar-refractivity contribution in [3.63, 3.8) is 0 Å². The van der Waals surface area contributed by atoms with E-state index in [0.29, 0.717) is 12.4 Å². The van der Waals surface area contributed by atoms with Crippen LogP contribution < -0.4 is 5.32 Å². The first-order chi connectivity index (χ1) is 15.7. The Kier molecular flexibility index (Phi) is 5.35. The van der Waals surface area contributed by atoms with Gasteiger partial charge in [0, 0.05) is 36.3 Å². The molecule has 0 spiro atoms. The van der Waals surface area contributed by atoms with Gasteiger partial charge < -0.3 is 10.4 Å². The number of aliphatic hydroxyl groups is 1. The minimum Gasteiger partial charge on any atom is -0.389 e. The quantitative estimate of drug-likeness (QED) is 0.398. The standard InChI is InChI=1S/C26H23N5O/c1-18(32)21-14-22(17-27-16-21)25-29-26(28-15-19-8-4-2-5-9-19)24-23(12-13-31(24)30-25)20-10-6-3-7-11-20/h2-14,16-18,32H,15H2,1H3,(H,28,29,30). The number of fused-ring (bicyclic) bond motifs is 1. The van der Waals surface area contributed by atoms with E-state index in [2.05, 4.69) is 40.6 Å². The topological polar surface area (TPSA) is 75.3 Å². The molecule has 5 rings (SSSR count). The summed E-state index contributed by atoms with van der Waals surface area (Å²) in [5.41, 5.74) is 5.72. The Balaban J connectivity index is 1.63. The van der Waals surface area contributed by atoms with E-state index in [4.69, 9.17) is 10.1 Å². The van der Waals surface area contributed by atoms with E-state index in [1.807, 2.05) is 53.2 Å². The highest BCUT2D eigenvalue weighted by Crippen LogP contribution is 2.31. The lowest BCUT2D eigenvalue weighted by molar-refractivity contribution is 0.199. The van der Waals surface area contributed by atoms with Crippen LogP contribution in [0.4, 0.5) is 5.82 Å². The maximum Gasteiger partial charge on any atom is 0.183 e. The van der Waals surface area contributed by atoms with Gasteiger partial charge >= 0.3 is 0 Å². The van der Waals surface area contributed by atoms with Gasteiger partial charge in [-0.05, 0) is 35.7 Å². The van der Waals surface area contributed by atoms with Crippen LogP contribution in [-0.2, 0) is 6.54 Å². The van der Waals surface area contributed by atoms with Crippen molar-refractivity contribution in [1.82, 2.24) is 19.6 Å². The van der Waals surface area contributed by atoms with E-state index in [1.165, 1.54) is 0 Å². The van der Waals surface area contributed by atoms with Crippen LogP contribution in [0.15, 0.2) is 91.4 Å². The fraction of sp³-hybridized carbons (Fsp3) is 0.115. The maximum absolute atomic E-state index is 9.96. The Morgan fingerprint density at radius 1 is 0.938 bits per heavy atom. The third-order valence-corrected chi connectivity index (χ3v) is 5.40. The van der Waals surface area contributed by atoms with Crippen molar-refractivity contribution in [1.29, 1.82) is 0 Å². The Hall–Kier alpha value is -4.03. The van der Waals surface area contributed by atoms with E-state index in [1.54, 1.807) is 19.3 Å². The molecule has 6 nitrogen and oxygen atoms in total. The summed E-state index contributed by atoms with van der Waals surface area (Å²) in [5.74, 6) is 1.28. The average Bonchev–Trinajstić information content (AvgIpc) is 3.28. The van der Waals surface area contributed by atoms with Crippen LogP contribution in [0.2, 0.25) is 0 Å². The lowest BCUT2D eigenvalue weighted by Crippen LogP contribution is -2.07. The Morgan fingerprint density at radius 3 is 2.44 bits per heavy atom. The molecular formula is C26H23N5O. The van der Waals surface area contributed by atoms with Crippen molar-refractivity contribution in [3.8, 4) is 22.5 Å². The van der Waals surface area contributed by atoms with Crippen molar-refractivity contribution < 1.29 is 5.11 Å². The number of hydrogen-bond acceptors (Lipinski definition) is 5. The van der Waals surface area contributed by atoms with E-state index < -0.39 is 6.10 Å². The van der Waals surface area contributed by atoms with Crippen molar-refractivity contribution in [3.05, 3.63) is 103 Å². The van der Waals surface area contributed by atoms with Gasteiger partial charge in [-0.25, -0.2) is 9.50 Å². The molecule has 1 atom stereocenters. The molecule has 6 heteroatoms. The number of anilines is 1. The predicted molar refractivity (Wildman–Crippen MR) is 126 cm³/mol. The lowest BCUT2D eigenvalue weighted by atomic mass is 10.1. The van der Waals surface area contributed by atoms with Crippen molar-refractivity contribution in [2.24, 2.45) is 0 Å². The molecule has 0 fully saturated rings. The van der Waals surface area contributed by atoms with Gasteiger partial charge in [-0.3, -0.25) is 4.98 Å². The lowest BCUT2D eigenvalue weighted by Gasteiger charge is -2.12. The third kappa shape index (κ3) is 3.96. The van der Waals surface area contributed by atoms with Crippen LogP contribution in [0.3, 0.4) is 0 Å². The Bertz CT molecular complexity index is 1350. The Labute approximate surface area is 186 Å². The van der Waals surface area contributed by atoms with Gasteiger partial charge in [0.25, 0.3) is 0 Å². The fourth-order valence-electron chi connectivity index (χ4n) is 3.71. The number of nitrogens with zero attached hydrogens (tertiary/aromatic N) is 4. The zero-order chi connectivity index (χ0) is 21.9. The maximum atomic E-state index is 9.96. The molecular weight excluding hydrogens is 398 g/mol. The van der Waals surface area contributed by atoms with Crippen LogP contribution in [0.5, 0.6) is 0 Å². The molecule has 0 bridgehead atoms. The third-order valence-electron chi connectivity index (χ3n) is 5.40. The second kappa shape index (κ2) is 8.61. The summed E-state index contributed by atoms with van der Waals surface area (Å²) < 4.78 is 1.85. The zero-order valence-corrected chi connectivity index (χ0v) is 17.7. The Morgan fingerprint density at radius 2 is 1.69 bits per heavy atom. The van der Waals surface area contributed by atoms with Gasteiger partial charge in [0.1, 0.15) is 5.52 Å². The summed E-state index contributed by atoms with van der Waals surface area (Å²) in [6.07, 6.45) is 4.71. The van der Waals surface area contributed by atoms with Crippen LogP contribution in [0, 0.1) is 0 Å². The van der Waals surface area contributed by atoms with Gasteiger partial charge in [0.15, 0.2) is 11.6 Å². The highest BCUT2D eigenvalue weighted by atomic mass is 16.3.